The van der Waals surface area contributed by atoms with Crippen molar-refractivity contribution in [2.75, 3.05) is 0 Å². The molecule has 4 heteroatoms. The van der Waals surface area contributed by atoms with Gasteiger partial charge in [0.25, 0.3) is 0 Å². The van der Waals surface area contributed by atoms with Gasteiger partial charge in [-0.25, -0.2) is 0 Å². The molecule has 0 aliphatic rings. The fourth-order valence-electron chi connectivity index (χ4n) is 0.950. The van der Waals surface area contributed by atoms with Crippen molar-refractivity contribution in [1.29, 1.82) is 0 Å². The molecule has 0 unspecified atom stereocenters. The smallest absolute Gasteiger partial charge is 0.309 e. The molecule has 0 radical (unpaired) electrons. The Hall–Kier alpha value is -1.06. The largest absolute Gasteiger partial charge is 0.481 e. The van der Waals surface area contributed by atoms with Gasteiger partial charge in [0.2, 0.25) is 0 Å². The second kappa shape index (κ2) is 4.84. The molecule has 0 aromatic carbocycles. The van der Waals surface area contributed by atoms with Gasteiger partial charge in [-0.2, -0.15) is 0 Å². The summed E-state index contributed by atoms with van der Waals surface area (Å²) >= 11 is 0. The number of rotatable bonds is 6. The summed E-state index contributed by atoms with van der Waals surface area (Å²) in [4.78, 5) is 20.8. The van der Waals surface area contributed by atoms with E-state index < -0.39 is 17.4 Å². The average molecular weight is 188 g/mol. The van der Waals surface area contributed by atoms with E-state index >= 15 is 0 Å². The van der Waals surface area contributed by atoms with Crippen molar-refractivity contribution in [2.45, 2.75) is 39.5 Å². The molecule has 13 heavy (non-hydrogen) atoms. The maximum Gasteiger partial charge on any atom is 0.309 e. The highest BCUT2D eigenvalue weighted by Gasteiger charge is 2.25. The average Bonchev–Trinajstić information content (AvgIpc) is 1.97. The molecule has 0 aromatic heterocycles. The first-order valence-corrected chi connectivity index (χ1v) is 4.31. The van der Waals surface area contributed by atoms with E-state index in [1.54, 1.807) is 13.8 Å². The van der Waals surface area contributed by atoms with Gasteiger partial charge in [-0.3, -0.25) is 9.59 Å². The van der Waals surface area contributed by atoms with Crippen molar-refractivity contribution in [2.24, 2.45) is 5.41 Å². The lowest BCUT2D eigenvalue weighted by Crippen LogP contribution is -2.23. The predicted octanol–water partition coefficient (Wildman–Crippen LogP) is 1.74. The van der Waals surface area contributed by atoms with E-state index in [-0.39, 0.29) is 6.42 Å². The van der Waals surface area contributed by atoms with E-state index in [4.69, 9.17) is 10.2 Å². The number of aliphatic carboxylic acids is 2. The maximum absolute atomic E-state index is 10.6. The summed E-state index contributed by atoms with van der Waals surface area (Å²) in [6, 6.07) is 0. The fraction of sp³-hybridized carbons (Fsp3) is 0.778. The number of carboxylic acids is 2. The Morgan fingerprint density at radius 1 is 1.15 bits per heavy atom. The van der Waals surface area contributed by atoms with E-state index in [0.29, 0.717) is 19.3 Å². The topological polar surface area (TPSA) is 74.6 Å². The van der Waals surface area contributed by atoms with Gasteiger partial charge in [-0.1, -0.05) is 6.42 Å². The van der Waals surface area contributed by atoms with E-state index in [9.17, 15) is 9.59 Å². The molecule has 0 saturated heterocycles. The molecule has 0 saturated carbocycles. The molecule has 0 aliphatic heterocycles. The van der Waals surface area contributed by atoms with Crippen molar-refractivity contribution >= 4 is 11.9 Å². The first-order valence-electron chi connectivity index (χ1n) is 4.31. The standard InChI is InChI=1S/C9H16O4/c1-9(2,8(12)13)6-4-3-5-7(10)11/h3-6H2,1-2H3,(H,10,11)(H,12,13). The van der Waals surface area contributed by atoms with Crippen LogP contribution < -0.4 is 0 Å². The van der Waals surface area contributed by atoms with Crippen molar-refractivity contribution < 1.29 is 19.8 Å². The summed E-state index contributed by atoms with van der Waals surface area (Å²) in [7, 11) is 0. The minimum absolute atomic E-state index is 0.121. The van der Waals surface area contributed by atoms with E-state index in [1.807, 2.05) is 0 Å². The molecule has 2 N–H and O–H groups in total. The van der Waals surface area contributed by atoms with Crippen LogP contribution in [0.1, 0.15) is 39.5 Å². The lowest BCUT2D eigenvalue weighted by Gasteiger charge is -2.18. The van der Waals surface area contributed by atoms with E-state index in [1.165, 1.54) is 0 Å². The SMILES string of the molecule is CC(C)(CCCCC(=O)O)C(=O)O. The zero-order valence-corrected chi connectivity index (χ0v) is 8.04. The van der Waals surface area contributed by atoms with Crippen molar-refractivity contribution in [1.82, 2.24) is 0 Å². The van der Waals surface area contributed by atoms with Crippen LogP contribution in [0, 0.1) is 5.41 Å². The fourth-order valence-corrected chi connectivity index (χ4v) is 0.950. The summed E-state index contributed by atoms with van der Waals surface area (Å²) in [6.07, 6.45) is 1.84. The third kappa shape index (κ3) is 5.22. The van der Waals surface area contributed by atoms with Gasteiger partial charge in [0.05, 0.1) is 5.41 Å². The monoisotopic (exact) mass is 188 g/mol. The highest BCUT2D eigenvalue weighted by Crippen LogP contribution is 2.23. The molecule has 0 heterocycles. The minimum Gasteiger partial charge on any atom is -0.481 e. The maximum atomic E-state index is 10.6. The predicted molar refractivity (Wildman–Crippen MR) is 47.5 cm³/mol. The normalized spacial score (nSPS) is 11.2. The van der Waals surface area contributed by atoms with Gasteiger partial charge in [-0.15, -0.1) is 0 Å². The number of unbranched alkanes of at least 4 members (excludes halogenated alkanes) is 1. The zero-order chi connectivity index (χ0) is 10.5. The van der Waals surface area contributed by atoms with Crippen LogP contribution in [-0.2, 0) is 9.59 Å². The Bertz CT molecular complexity index is 196. The third-order valence-corrected chi connectivity index (χ3v) is 2.02. The molecule has 0 bridgehead atoms. The van der Waals surface area contributed by atoms with Crippen LogP contribution in [0.2, 0.25) is 0 Å². The Balaban J connectivity index is 3.64. The molecule has 0 aliphatic carbocycles. The van der Waals surface area contributed by atoms with Gasteiger partial charge in [0.1, 0.15) is 0 Å². The van der Waals surface area contributed by atoms with E-state index in [2.05, 4.69) is 0 Å². The number of carbonyl (C=O) groups is 2. The zero-order valence-electron chi connectivity index (χ0n) is 8.04. The summed E-state index contributed by atoms with van der Waals surface area (Å²) in [5.74, 6) is -1.66. The van der Waals surface area contributed by atoms with Gasteiger partial charge in [0, 0.05) is 6.42 Å². The number of hydrogen-bond donors (Lipinski definition) is 2. The Kier molecular flexibility index (Phi) is 4.45. The second-order valence-electron chi connectivity index (χ2n) is 3.79. The third-order valence-electron chi connectivity index (χ3n) is 2.02. The molecule has 0 atom stereocenters. The molecule has 76 valence electrons. The van der Waals surface area contributed by atoms with Crippen LogP contribution in [0.4, 0.5) is 0 Å². The summed E-state index contributed by atoms with van der Waals surface area (Å²) in [5.41, 5.74) is -0.738. The first-order chi connectivity index (χ1) is 5.86. The lowest BCUT2D eigenvalue weighted by molar-refractivity contribution is -0.147. The van der Waals surface area contributed by atoms with Crippen LogP contribution in [-0.4, -0.2) is 22.2 Å². The molecular formula is C9H16O4. The van der Waals surface area contributed by atoms with Crippen LogP contribution in [0.25, 0.3) is 0 Å². The number of hydrogen-bond acceptors (Lipinski definition) is 2. The minimum atomic E-state index is -0.831. The van der Waals surface area contributed by atoms with Gasteiger partial charge >= 0.3 is 11.9 Å². The molecule has 0 fully saturated rings. The van der Waals surface area contributed by atoms with Gasteiger partial charge in [-0.05, 0) is 26.7 Å². The van der Waals surface area contributed by atoms with Crippen LogP contribution in [0.15, 0.2) is 0 Å². The molecule has 4 nitrogen and oxygen atoms in total. The van der Waals surface area contributed by atoms with Crippen LogP contribution in [0.3, 0.4) is 0 Å². The lowest BCUT2D eigenvalue weighted by atomic mass is 9.87. The molecule has 0 aromatic rings. The molecule has 0 amide bonds. The van der Waals surface area contributed by atoms with Gasteiger partial charge in [0.15, 0.2) is 0 Å². The number of carboxylic acid groups (broad SMARTS) is 2. The summed E-state index contributed by atoms with van der Waals surface area (Å²) < 4.78 is 0. The summed E-state index contributed by atoms with van der Waals surface area (Å²) in [5, 5.41) is 17.1. The Morgan fingerprint density at radius 2 is 1.69 bits per heavy atom. The molecule has 0 spiro atoms. The molecular weight excluding hydrogens is 172 g/mol. The van der Waals surface area contributed by atoms with Gasteiger partial charge < -0.3 is 10.2 Å². The van der Waals surface area contributed by atoms with E-state index in [0.717, 1.165) is 0 Å². The van der Waals surface area contributed by atoms with Crippen molar-refractivity contribution in [3.05, 3.63) is 0 Å². The van der Waals surface area contributed by atoms with Crippen LogP contribution >= 0.6 is 0 Å². The van der Waals surface area contributed by atoms with Crippen molar-refractivity contribution in [3.63, 3.8) is 0 Å². The van der Waals surface area contributed by atoms with Crippen LogP contribution in [0.5, 0.6) is 0 Å². The quantitative estimate of drug-likeness (QED) is 0.622. The highest BCUT2D eigenvalue weighted by atomic mass is 16.4. The Labute approximate surface area is 77.6 Å². The Morgan fingerprint density at radius 3 is 2.08 bits per heavy atom. The summed E-state index contributed by atoms with van der Waals surface area (Å²) in [6.45, 7) is 3.30. The molecule has 0 rings (SSSR count). The highest BCUT2D eigenvalue weighted by molar-refractivity contribution is 5.73. The second-order valence-corrected chi connectivity index (χ2v) is 3.79. The first kappa shape index (κ1) is 11.9. The van der Waals surface area contributed by atoms with Crippen molar-refractivity contribution in [3.8, 4) is 0 Å².